The van der Waals surface area contributed by atoms with Crippen LogP contribution in [0.5, 0.6) is 0 Å². The number of nitrogens with zero attached hydrogens (tertiary/aromatic N) is 2. The van der Waals surface area contributed by atoms with Crippen LogP contribution in [0.25, 0.3) is 0 Å². The van der Waals surface area contributed by atoms with Crippen molar-refractivity contribution >= 4 is 11.3 Å². The molecule has 20 heavy (non-hydrogen) atoms. The van der Waals surface area contributed by atoms with E-state index in [1.54, 1.807) is 0 Å². The summed E-state index contributed by atoms with van der Waals surface area (Å²) in [5.74, 6) is 0. The Morgan fingerprint density at radius 3 is 2.55 bits per heavy atom. The van der Waals surface area contributed by atoms with Crippen molar-refractivity contribution in [2.24, 2.45) is 7.05 Å². The minimum absolute atomic E-state index is 0.398. The van der Waals surface area contributed by atoms with Crippen molar-refractivity contribution in [2.75, 3.05) is 6.54 Å². The number of hydrogen-bond acceptors (Lipinski definition) is 3. The molecule has 0 fully saturated rings. The standard InChI is InChI=1S/C16H25N3S/c1-6-9-17-15(16-8-7-11(2)20-16)10-14-12(3)18-19(5)13(14)4/h7-8,15,17H,6,9-10H2,1-5H3. The predicted molar refractivity (Wildman–Crippen MR) is 86.5 cm³/mol. The molecule has 0 aliphatic heterocycles. The van der Waals surface area contributed by atoms with Gasteiger partial charge in [0.2, 0.25) is 0 Å². The molecule has 2 aromatic rings. The lowest BCUT2D eigenvalue weighted by Crippen LogP contribution is -2.23. The van der Waals surface area contributed by atoms with E-state index in [1.165, 1.54) is 21.0 Å². The zero-order valence-corrected chi connectivity index (χ0v) is 14.0. The quantitative estimate of drug-likeness (QED) is 0.879. The van der Waals surface area contributed by atoms with E-state index in [2.05, 4.69) is 50.2 Å². The van der Waals surface area contributed by atoms with E-state index < -0.39 is 0 Å². The maximum absolute atomic E-state index is 4.54. The van der Waals surface area contributed by atoms with Gasteiger partial charge in [-0.05, 0) is 57.9 Å². The molecule has 0 radical (unpaired) electrons. The van der Waals surface area contributed by atoms with Crippen LogP contribution in [0.2, 0.25) is 0 Å². The highest BCUT2D eigenvalue weighted by Crippen LogP contribution is 2.27. The number of aryl methyl sites for hydroxylation is 3. The molecule has 0 bridgehead atoms. The maximum atomic E-state index is 4.54. The molecule has 0 saturated heterocycles. The van der Waals surface area contributed by atoms with Gasteiger partial charge in [-0.3, -0.25) is 4.68 Å². The Labute approximate surface area is 126 Å². The van der Waals surface area contributed by atoms with Crippen LogP contribution < -0.4 is 5.32 Å². The summed E-state index contributed by atoms with van der Waals surface area (Å²) >= 11 is 1.89. The average Bonchev–Trinajstić information content (AvgIpc) is 2.93. The maximum Gasteiger partial charge on any atom is 0.0629 e. The second-order valence-electron chi connectivity index (χ2n) is 5.43. The monoisotopic (exact) mass is 291 g/mol. The molecular formula is C16H25N3S. The second-order valence-corrected chi connectivity index (χ2v) is 6.75. The first-order chi connectivity index (χ1) is 9.52. The fourth-order valence-corrected chi connectivity index (χ4v) is 3.50. The topological polar surface area (TPSA) is 29.9 Å². The Balaban J connectivity index is 2.23. The Morgan fingerprint density at radius 1 is 1.30 bits per heavy atom. The normalized spacial score (nSPS) is 12.8. The van der Waals surface area contributed by atoms with E-state index in [0.29, 0.717) is 6.04 Å². The number of hydrogen-bond donors (Lipinski definition) is 1. The molecule has 2 rings (SSSR count). The number of aromatic nitrogens is 2. The Hall–Kier alpha value is -1.13. The highest BCUT2D eigenvalue weighted by Gasteiger charge is 2.18. The van der Waals surface area contributed by atoms with E-state index >= 15 is 0 Å². The Kier molecular flexibility index (Phi) is 5.00. The zero-order valence-electron chi connectivity index (χ0n) is 13.2. The summed E-state index contributed by atoms with van der Waals surface area (Å²) in [4.78, 5) is 2.81. The molecule has 0 aromatic carbocycles. The fraction of sp³-hybridized carbons (Fsp3) is 0.562. The van der Waals surface area contributed by atoms with Gasteiger partial charge in [0.15, 0.2) is 0 Å². The van der Waals surface area contributed by atoms with Crippen molar-refractivity contribution in [3.05, 3.63) is 38.8 Å². The van der Waals surface area contributed by atoms with Gasteiger partial charge in [-0.15, -0.1) is 11.3 Å². The molecule has 0 amide bonds. The van der Waals surface area contributed by atoms with Crippen molar-refractivity contribution in [3.63, 3.8) is 0 Å². The molecule has 3 nitrogen and oxygen atoms in total. The summed E-state index contributed by atoms with van der Waals surface area (Å²) in [5.41, 5.74) is 3.81. The Bertz CT molecular complexity index is 568. The van der Waals surface area contributed by atoms with Crippen LogP contribution in [-0.2, 0) is 13.5 Å². The van der Waals surface area contributed by atoms with Crippen LogP contribution in [0.3, 0.4) is 0 Å². The van der Waals surface area contributed by atoms with Crippen molar-refractivity contribution in [1.29, 1.82) is 0 Å². The van der Waals surface area contributed by atoms with Crippen molar-refractivity contribution in [3.8, 4) is 0 Å². The van der Waals surface area contributed by atoms with Crippen LogP contribution >= 0.6 is 11.3 Å². The number of nitrogens with one attached hydrogen (secondary N) is 1. The highest BCUT2D eigenvalue weighted by molar-refractivity contribution is 7.12. The first kappa shape index (κ1) is 15.3. The molecule has 0 aliphatic rings. The molecule has 1 N–H and O–H groups in total. The SMILES string of the molecule is CCCNC(Cc1c(C)nn(C)c1C)c1ccc(C)s1. The first-order valence-electron chi connectivity index (χ1n) is 7.31. The second kappa shape index (κ2) is 6.55. The first-order valence-corrected chi connectivity index (χ1v) is 8.13. The van der Waals surface area contributed by atoms with Gasteiger partial charge in [-0.1, -0.05) is 6.92 Å². The lowest BCUT2D eigenvalue weighted by molar-refractivity contribution is 0.534. The van der Waals surface area contributed by atoms with Crippen LogP contribution in [0.1, 0.15) is 46.1 Å². The summed E-state index contributed by atoms with van der Waals surface area (Å²) in [6.45, 7) is 9.71. The van der Waals surface area contributed by atoms with Crippen LogP contribution in [0, 0.1) is 20.8 Å². The summed E-state index contributed by atoms with van der Waals surface area (Å²) in [6.07, 6.45) is 2.18. The summed E-state index contributed by atoms with van der Waals surface area (Å²) in [5, 5.41) is 8.22. The molecule has 4 heteroatoms. The van der Waals surface area contributed by atoms with Crippen LogP contribution in [0.15, 0.2) is 12.1 Å². The summed E-state index contributed by atoms with van der Waals surface area (Å²) < 4.78 is 1.99. The van der Waals surface area contributed by atoms with Crippen LogP contribution in [-0.4, -0.2) is 16.3 Å². The lowest BCUT2D eigenvalue weighted by Gasteiger charge is -2.17. The molecule has 0 saturated carbocycles. The van der Waals surface area contributed by atoms with Gasteiger partial charge >= 0.3 is 0 Å². The summed E-state index contributed by atoms with van der Waals surface area (Å²) in [6, 6.07) is 4.87. The molecule has 1 unspecified atom stereocenters. The van der Waals surface area contributed by atoms with E-state index in [9.17, 15) is 0 Å². The van der Waals surface area contributed by atoms with E-state index in [-0.39, 0.29) is 0 Å². The minimum atomic E-state index is 0.398. The van der Waals surface area contributed by atoms with Gasteiger partial charge < -0.3 is 5.32 Å². The smallest absolute Gasteiger partial charge is 0.0629 e. The molecule has 110 valence electrons. The van der Waals surface area contributed by atoms with E-state index in [1.807, 2.05) is 23.1 Å². The molecule has 0 aliphatic carbocycles. The summed E-state index contributed by atoms with van der Waals surface area (Å²) in [7, 11) is 2.02. The van der Waals surface area contributed by atoms with Crippen molar-refractivity contribution in [2.45, 2.75) is 46.6 Å². The van der Waals surface area contributed by atoms with Gasteiger partial charge in [0.05, 0.1) is 5.69 Å². The molecule has 0 spiro atoms. The predicted octanol–water partition coefficient (Wildman–Crippen LogP) is 3.69. The number of thiophene rings is 1. The average molecular weight is 291 g/mol. The minimum Gasteiger partial charge on any atom is -0.309 e. The van der Waals surface area contributed by atoms with Gasteiger partial charge in [-0.25, -0.2) is 0 Å². The van der Waals surface area contributed by atoms with E-state index in [4.69, 9.17) is 0 Å². The van der Waals surface area contributed by atoms with Crippen molar-refractivity contribution in [1.82, 2.24) is 15.1 Å². The highest BCUT2D eigenvalue weighted by atomic mass is 32.1. The third-order valence-corrected chi connectivity index (χ3v) is 4.93. The molecular weight excluding hydrogens is 266 g/mol. The van der Waals surface area contributed by atoms with Gasteiger partial charge in [0.1, 0.15) is 0 Å². The zero-order chi connectivity index (χ0) is 14.7. The van der Waals surface area contributed by atoms with Crippen LogP contribution in [0.4, 0.5) is 0 Å². The Morgan fingerprint density at radius 2 is 2.05 bits per heavy atom. The largest absolute Gasteiger partial charge is 0.309 e. The number of rotatable bonds is 6. The molecule has 2 aromatic heterocycles. The van der Waals surface area contributed by atoms with E-state index in [0.717, 1.165) is 25.1 Å². The third kappa shape index (κ3) is 3.30. The fourth-order valence-electron chi connectivity index (χ4n) is 2.55. The molecule has 2 heterocycles. The lowest BCUT2D eigenvalue weighted by atomic mass is 10.0. The van der Waals surface area contributed by atoms with Gasteiger partial charge in [-0.2, -0.15) is 5.10 Å². The van der Waals surface area contributed by atoms with Gasteiger partial charge in [0.25, 0.3) is 0 Å². The third-order valence-electron chi connectivity index (χ3n) is 3.81. The van der Waals surface area contributed by atoms with Crippen molar-refractivity contribution < 1.29 is 0 Å². The van der Waals surface area contributed by atoms with Gasteiger partial charge in [0, 0.05) is 28.5 Å². The molecule has 1 atom stereocenters.